The number of ether oxygens (including phenoxy) is 2. The number of rotatable bonds is 7. The highest BCUT2D eigenvalue weighted by molar-refractivity contribution is 5.95. The summed E-state index contributed by atoms with van der Waals surface area (Å²) in [4.78, 5) is 12.4. The summed E-state index contributed by atoms with van der Waals surface area (Å²) in [5.74, 6) is 1.55. The maximum absolute atomic E-state index is 12.4. The molecule has 1 saturated heterocycles. The van der Waals surface area contributed by atoms with Gasteiger partial charge < -0.3 is 20.1 Å². The first kappa shape index (κ1) is 18.3. The van der Waals surface area contributed by atoms with Crippen LogP contribution in [0.4, 0.5) is 5.69 Å². The Morgan fingerprint density at radius 1 is 1.04 bits per heavy atom. The van der Waals surface area contributed by atoms with Crippen LogP contribution in [0.15, 0.2) is 54.6 Å². The van der Waals surface area contributed by atoms with Gasteiger partial charge in [0.1, 0.15) is 24.7 Å². The van der Waals surface area contributed by atoms with Crippen LogP contribution in [0.5, 0.6) is 11.5 Å². The molecule has 3 rings (SSSR count). The van der Waals surface area contributed by atoms with Crippen molar-refractivity contribution >= 4 is 11.6 Å². The fourth-order valence-electron chi connectivity index (χ4n) is 3.07. The average molecular weight is 354 g/mol. The van der Waals surface area contributed by atoms with E-state index in [1.54, 1.807) is 0 Å². The lowest BCUT2D eigenvalue weighted by molar-refractivity contribution is -0.118. The van der Waals surface area contributed by atoms with Crippen molar-refractivity contribution in [2.75, 3.05) is 18.5 Å². The summed E-state index contributed by atoms with van der Waals surface area (Å²) in [6, 6.07) is 17.4. The Labute approximate surface area is 154 Å². The van der Waals surface area contributed by atoms with Crippen LogP contribution >= 0.6 is 0 Å². The third kappa shape index (κ3) is 5.49. The minimum absolute atomic E-state index is 0.0149. The van der Waals surface area contributed by atoms with Gasteiger partial charge in [0.25, 0.3) is 0 Å². The van der Waals surface area contributed by atoms with Crippen LogP contribution in [-0.4, -0.2) is 31.2 Å². The van der Waals surface area contributed by atoms with E-state index >= 15 is 0 Å². The molecule has 1 heterocycles. The normalized spacial score (nSPS) is 19.6. The number of carbonyl (C=O) groups excluding carboxylic acids is 1. The number of hydrogen-bond donors (Lipinski definition) is 2. The minimum atomic E-state index is -0.123. The van der Waals surface area contributed by atoms with E-state index in [1.807, 2.05) is 54.6 Å². The van der Waals surface area contributed by atoms with E-state index in [1.165, 1.54) is 0 Å². The Bertz CT molecular complexity index is 705. The monoisotopic (exact) mass is 354 g/mol. The first-order chi connectivity index (χ1) is 12.7. The summed E-state index contributed by atoms with van der Waals surface area (Å²) in [6.07, 6.45) is 3.08. The molecule has 2 N–H and O–H groups in total. The molecule has 1 aliphatic heterocycles. The van der Waals surface area contributed by atoms with Crippen molar-refractivity contribution < 1.29 is 14.3 Å². The van der Waals surface area contributed by atoms with Crippen LogP contribution in [0.1, 0.15) is 26.2 Å². The van der Waals surface area contributed by atoms with Crippen LogP contribution in [-0.2, 0) is 4.79 Å². The largest absolute Gasteiger partial charge is 0.490 e. The number of anilines is 1. The standard InChI is InChI=1S/C21H26N2O3/c1-16-7-5-12-20(22-16)21(24)23-17-8-6-11-19(15-17)26-14-13-25-18-9-3-2-4-10-18/h2-4,6,8-11,15-16,20,22H,5,7,12-14H2,1H3,(H,23,24). The van der Waals surface area contributed by atoms with Gasteiger partial charge in [-0.05, 0) is 50.5 Å². The number of benzene rings is 2. The molecular weight excluding hydrogens is 328 g/mol. The average Bonchev–Trinajstić information content (AvgIpc) is 2.66. The molecule has 5 nitrogen and oxygen atoms in total. The van der Waals surface area contributed by atoms with Gasteiger partial charge in [0.05, 0.1) is 6.04 Å². The van der Waals surface area contributed by atoms with Gasteiger partial charge in [0.15, 0.2) is 0 Å². The van der Waals surface area contributed by atoms with E-state index < -0.39 is 0 Å². The Kier molecular flexibility index (Phi) is 6.50. The van der Waals surface area contributed by atoms with E-state index in [0.29, 0.717) is 25.0 Å². The van der Waals surface area contributed by atoms with E-state index in [-0.39, 0.29) is 11.9 Å². The summed E-state index contributed by atoms with van der Waals surface area (Å²) < 4.78 is 11.3. The third-order valence-corrected chi connectivity index (χ3v) is 4.40. The highest BCUT2D eigenvalue weighted by Crippen LogP contribution is 2.19. The van der Waals surface area contributed by atoms with E-state index in [9.17, 15) is 4.79 Å². The molecule has 0 saturated carbocycles. The Balaban J connectivity index is 1.46. The maximum atomic E-state index is 12.4. The second-order valence-electron chi connectivity index (χ2n) is 6.58. The van der Waals surface area contributed by atoms with Crippen molar-refractivity contribution in [3.63, 3.8) is 0 Å². The number of nitrogens with one attached hydrogen (secondary N) is 2. The Hall–Kier alpha value is -2.53. The smallest absolute Gasteiger partial charge is 0.241 e. The van der Waals surface area contributed by atoms with Gasteiger partial charge in [0.2, 0.25) is 5.91 Å². The van der Waals surface area contributed by atoms with Gasteiger partial charge >= 0.3 is 0 Å². The molecule has 0 aromatic heterocycles. The predicted molar refractivity (Wildman–Crippen MR) is 103 cm³/mol. The van der Waals surface area contributed by atoms with Crippen molar-refractivity contribution in [3.05, 3.63) is 54.6 Å². The molecular formula is C21H26N2O3. The molecule has 2 aromatic rings. The van der Waals surface area contributed by atoms with E-state index in [2.05, 4.69) is 17.6 Å². The molecule has 1 amide bonds. The van der Waals surface area contributed by atoms with Gasteiger partial charge in [-0.15, -0.1) is 0 Å². The second kappa shape index (κ2) is 9.25. The molecule has 0 spiro atoms. The molecule has 1 fully saturated rings. The van der Waals surface area contributed by atoms with Crippen LogP contribution in [0.3, 0.4) is 0 Å². The van der Waals surface area contributed by atoms with Crippen molar-refractivity contribution in [3.8, 4) is 11.5 Å². The fraction of sp³-hybridized carbons (Fsp3) is 0.381. The third-order valence-electron chi connectivity index (χ3n) is 4.40. The molecule has 0 aliphatic carbocycles. The number of piperidine rings is 1. The highest BCUT2D eigenvalue weighted by atomic mass is 16.5. The van der Waals surface area contributed by atoms with Gasteiger partial charge in [-0.1, -0.05) is 24.3 Å². The Morgan fingerprint density at radius 2 is 1.77 bits per heavy atom. The lowest BCUT2D eigenvalue weighted by Gasteiger charge is -2.27. The highest BCUT2D eigenvalue weighted by Gasteiger charge is 2.24. The van der Waals surface area contributed by atoms with E-state index in [4.69, 9.17) is 9.47 Å². The zero-order chi connectivity index (χ0) is 18.2. The van der Waals surface area contributed by atoms with Crippen LogP contribution < -0.4 is 20.1 Å². The number of hydrogen-bond acceptors (Lipinski definition) is 4. The number of amides is 1. The maximum Gasteiger partial charge on any atom is 0.241 e. The summed E-state index contributed by atoms with van der Waals surface area (Å²) in [6.45, 7) is 3.02. The number of carbonyl (C=O) groups is 1. The quantitative estimate of drug-likeness (QED) is 0.746. The van der Waals surface area contributed by atoms with Crippen molar-refractivity contribution in [2.24, 2.45) is 0 Å². The van der Waals surface area contributed by atoms with Crippen LogP contribution in [0.25, 0.3) is 0 Å². The summed E-state index contributed by atoms with van der Waals surface area (Å²) in [5.41, 5.74) is 0.747. The van der Waals surface area contributed by atoms with Crippen molar-refractivity contribution in [1.82, 2.24) is 5.32 Å². The van der Waals surface area contributed by atoms with E-state index in [0.717, 1.165) is 30.7 Å². The Morgan fingerprint density at radius 3 is 2.54 bits per heavy atom. The molecule has 2 unspecified atom stereocenters. The summed E-state index contributed by atoms with van der Waals surface area (Å²) in [5, 5.41) is 6.32. The van der Waals surface area contributed by atoms with Crippen molar-refractivity contribution in [1.29, 1.82) is 0 Å². The van der Waals surface area contributed by atoms with Gasteiger partial charge in [0, 0.05) is 17.8 Å². The topological polar surface area (TPSA) is 59.6 Å². The second-order valence-corrected chi connectivity index (χ2v) is 6.58. The molecule has 2 atom stereocenters. The molecule has 0 bridgehead atoms. The van der Waals surface area contributed by atoms with Crippen molar-refractivity contribution in [2.45, 2.75) is 38.3 Å². The molecule has 26 heavy (non-hydrogen) atoms. The van der Waals surface area contributed by atoms with Gasteiger partial charge in [-0.2, -0.15) is 0 Å². The molecule has 1 aliphatic rings. The fourth-order valence-corrected chi connectivity index (χ4v) is 3.07. The summed E-state index contributed by atoms with van der Waals surface area (Å²) >= 11 is 0. The van der Waals surface area contributed by atoms with Crippen LogP contribution in [0.2, 0.25) is 0 Å². The molecule has 0 radical (unpaired) electrons. The molecule has 138 valence electrons. The lowest BCUT2D eigenvalue weighted by Crippen LogP contribution is -2.47. The zero-order valence-electron chi connectivity index (χ0n) is 15.1. The number of para-hydroxylation sites is 1. The predicted octanol–water partition coefficient (Wildman–Crippen LogP) is 3.61. The lowest BCUT2D eigenvalue weighted by atomic mass is 9.99. The first-order valence-electron chi connectivity index (χ1n) is 9.18. The molecule has 2 aromatic carbocycles. The SMILES string of the molecule is CC1CCCC(C(=O)Nc2cccc(OCCOc3ccccc3)c2)N1. The van der Waals surface area contributed by atoms with Crippen LogP contribution in [0, 0.1) is 0 Å². The first-order valence-corrected chi connectivity index (χ1v) is 9.18. The summed E-state index contributed by atoms with van der Waals surface area (Å²) in [7, 11) is 0. The zero-order valence-corrected chi connectivity index (χ0v) is 15.1. The minimum Gasteiger partial charge on any atom is -0.490 e. The van der Waals surface area contributed by atoms with Gasteiger partial charge in [-0.25, -0.2) is 0 Å². The molecule has 5 heteroatoms. The van der Waals surface area contributed by atoms with Gasteiger partial charge in [-0.3, -0.25) is 4.79 Å².